The molecule has 0 aromatic heterocycles. The summed E-state index contributed by atoms with van der Waals surface area (Å²) >= 11 is 0. The van der Waals surface area contributed by atoms with Crippen LogP contribution in [0.15, 0.2) is 36.4 Å². The smallest absolute Gasteiger partial charge is 0.397 e. The molecule has 0 radical (unpaired) electrons. The molecule has 4 amide bonds. The van der Waals surface area contributed by atoms with Gasteiger partial charge in [0.15, 0.2) is 25.2 Å². The number of carbonyl (C=O) groups excluding carboxylic acids is 4. The molecule has 30 heteroatoms. The molecule has 0 saturated carbocycles. The molecule has 20 atom stereocenters. The topological polar surface area (TPSA) is 436 Å². The van der Waals surface area contributed by atoms with E-state index in [1.54, 1.807) is 12.1 Å². The van der Waals surface area contributed by atoms with E-state index in [0.717, 1.165) is 46.5 Å². The number of rotatable bonds is 27. The minimum atomic E-state index is -5.16. The van der Waals surface area contributed by atoms with Crippen LogP contribution in [0.2, 0.25) is 0 Å². The first-order chi connectivity index (χ1) is 37.0. The fourth-order valence-corrected chi connectivity index (χ4v) is 9.64. The number of hydrogen-bond acceptors (Lipinski definition) is 24. The summed E-state index contributed by atoms with van der Waals surface area (Å²) in [4.78, 5) is 51.0. The highest BCUT2D eigenvalue weighted by molar-refractivity contribution is 7.80. The number of carbonyl (C=O) groups is 4. The first kappa shape index (κ1) is 64.7. The summed E-state index contributed by atoms with van der Waals surface area (Å²) in [6, 6.07) is -0.739. The highest BCUT2D eigenvalue weighted by Gasteiger charge is 2.56. The van der Waals surface area contributed by atoms with Crippen molar-refractivity contribution in [2.45, 2.75) is 195 Å². The van der Waals surface area contributed by atoms with Gasteiger partial charge in [0.1, 0.15) is 103 Å². The second-order valence-corrected chi connectivity index (χ2v) is 20.3. The van der Waals surface area contributed by atoms with Crippen molar-refractivity contribution in [2.24, 2.45) is 0 Å². The van der Waals surface area contributed by atoms with Crippen LogP contribution in [0.5, 0.6) is 5.75 Å². The largest absolute Gasteiger partial charge is 0.494 e. The van der Waals surface area contributed by atoms with Crippen molar-refractivity contribution >= 4 is 34.0 Å². The Morgan fingerprint density at radius 2 is 1.01 bits per heavy atom. The van der Waals surface area contributed by atoms with Crippen molar-refractivity contribution in [3.05, 3.63) is 42.0 Å². The van der Waals surface area contributed by atoms with Gasteiger partial charge in [-0.15, -0.1) is 0 Å². The molecule has 14 N–H and O–H groups in total. The molecule has 444 valence electrons. The van der Waals surface area contributed by atoms with E-state index >= 15 is 0 Å². The lowest BCUT2D eigenvalue weighted by Gasteiger charge is -2.51. The summed E-state index contributed by atoms with van der Waals surface area (Å²) < 4.78 is 83.8. The average molecular weight is 1140 g/mol. The van der Waals surface area contributed by atoms with Crippen LogP contribution in [0.25, 0.3) is 0 Å². The maximum atomic E-state index is 13.7. The highest BCUT2D eigenvalue weighted by atomic mass is 32.3. The Morgan fingerprint density at radius 3 is 1.49 bits per heavy atom. The molecule has 1 unspecified atom stereocenters. The zero-order valence-electron chi connectivity index (χ0n) is 43.5. The molecular formula is C48H76N4O25S. The molecule has 4 fully saturated rings. The summed E-state index contributed by atoms with van der Waals surface area (Å²) in [5.41, 5.74) is 0.0808. The van der Waals surface area contributed by atoms with Crippen LogP contribution in [0.4, 0.5) is 0 Å². The van der Waals surface area contributed by atoms with Gasteiger partial charge in [-0.1, -0.05) is 38.3 Å². The van der Waals surface area contributed by atoms with Crippen molar-refractivity contribution in [3.63, 3.8) is 0 Å². The minimum absolute atomic E-state index is 0.0808. The average Bonchev–Trinajstić information content (AvgIpc) is 3.44. The molecule has 78 heavy (non-hydrogen) atoms. The predicted molar refractivity (Wildman–Crippen MR) is 263 cm³/mol. The molecule has 0 aliphatic carbocycles. The summed E-state index contributed by atoms with van der Waals surface area (Å²) in [6.45, 7) is 1.68. The van der Waals surface area contributed by atoms with Gasteiger partial charge in [0, 0.05) is 26.3 Å². The monoisotopic (exact) mass is 1140 g/mol. The minimum Gasteiger partial charge on any atom is -0.494 e. The lowest BCUT2D eigenvalue weighted by Crippen LogP contribution is -2.71. The van der Waals surface area contributed by atoms with Gasteiger partial charge in [0.25, 0.3) is 5.91 Å². The first-order valence-corrected chi connectivity index (χ1v) is 27.0. The van der Waals surface area contributed by atoms with Gasteiger partial charge in [-0.25, -0.2) is 4.18 Å². The number of ether oxygens (including phenoxy) is 8. The molecule has 4 aliphatic rings. The number of unbranched alkanes of at least 4 members (excludes halogenated alkanes) is 5. The molecule has 1 aromatic carbocycles. The lowest BCUT2D eigenvalue weighted by molar-refractivity contribution is -0.361. The summed E-state index contributed by atoms with van der Waals surface area (Å²) in [6.07, 6.45) is -17.8. The van der Waals surface area contributed by atoms with Crippen LogP contribution in [0.1, 0.15) is 83.0 Å². The number of hydrogen-bond donors (Lipinski definition) is 14. The zero-order chi connectivity index (χ0) is 57.4. The van der Waals surface area contributed by atoms with E-state index < -0.39 is 183 Å². The number of nitrogens with one attached hydrogen (secondary N) is 4. The Bertz CT molecular complexity index is 2200. The first-order valence-electron chi connectivity index (χ1n) is 25.6. The molecule has 0 bridgehead atoms. The van der Waals surface area contributed by atoms with E-state index in [1.807, 2.05) is 0 Å². The highest BCUT2D eigenvalue weighted by Crippen LogP contribution is 2.35. The van der Waals surface area contributed by atoms with Gasteiger partial charge in [0.2, 0.25) is 17.7 Å². The zero-order valence-corrected chi connectivity index (χ0v) is 44.3. The molecule has 4 aliphatic heterocycles. The Hall–Kier alpha value is -4.13. The fourth-order valence-electron chi connectivity index (χ4n) is 9.33. The number of amides is 4. The number of allylic oxidation sites excluding steroid dienone is 2. The van der Waals surface area contributed by atoms with Crippen LogP contribution in [-0.2, 0) is 62.1 Å². The summed E-state index contributed by atoms with van der Waals surface area (Å²) in [7, 11) is -5.16. The second kappa shape index (κ2) is 30.6. The number of aliphatic hydroxyl groups excluding tert-OH is 9. The van der Waals surface area contributed by atoms with Crippen LogP contribution in [0.3, 0.4) is 0 Å². The molecule has 4 heterocycles. The summed E-state index contributed by atoms with van der Waals surface area (Å²) in [5, 5.41) is 109. The van der Waals surface area contributed by atoms with Crippen LogP contribution < -0.4 is 26.0 Å². The Kier molecular flexibility index (Phi) is 25.4. The van der Waals surface area contributed by atoms with Crippen molar-refractivity contribution in [3.8, 4) is 5.75 Å². The normalized spacial score (nSPS) is 35.4. The number of benzene rings is 1. The Labute approximate surface area is 450 Å². The van der Waals surface area contributed by atoms with E-state index in [0.29, 0.717) is 12.4 Å². The molecule has 5 rings (SSSR count). The lowest BCUT2D eigenvalue weighted by atomic mass is 9.93. The molecule has 1 aromatic rings. The van der Waals surface area contributed by atoms with Crippen LogP contribution in [-0.4, -0.2) is 238 Å². The van der Waals surface area contributed by atoms with E-state index in [-0.39, 0.29) is 5.56 Å². The van der Waals surface area contributed by atoms with Crippen LogP contribution in [0, 0.1) is 0 Å². The van der Waals surface area contributed by atoms with Gasteiger partial charge in [-0.05, 0) is 49.9 Å². The number of aliphatic hydroxyl groups is 9. The summed E-state index contributed by atoms with van der Waals surface area (Å²) in [5.74, 6) is -2.72. The van der Waals surface area contributed by atoms with Gasteiger partial charge < -0.3 is 105 Å². The standard InChI is InChI=1S/C48H76N4O25S/c1-5-6-7-8-9-10-11-12-13-18-69-27-16-14-26(15-17-27)44(64)52-33-37(60)36(59)28(19-53)72-46(33)75-41-29(20-54)73-47(34(39(41)62)50-24(3)57)76-42-30(21-55)74-48(35(40(42)63)51-25(4)58)77-43-31(22-70-78(66,67)68)71-45(65)32(38(43)61)49-23(2)56/h10-11,14-17,28-43,45-48,53-55,59-63,65H,5-9,12-13,18-22H2,1-4H3,(H,49,56)(H,50,57)(H,51,58)(H,52,64)(H,66,67,68)/t28-,29-,30-,31-,32-,33-,34-,35-,36-,37-,38-,39-,40-,41-,42-,43-,45?,46+,47+,48+/m1/s1. The predicted octanol–water partition coefficient (Wildman–Crippen LogP) is -4.37. The van der Waals surface area contributed by atoms with Gasteiger partial charge >= 0.3 is 10.4 Å². The second-order valence-electron chi connectivity index (χ2n) is 19.2. The third kappa shape index (κ3) is 17.9. The quantitative estimate of drug-likeness (QED) is 0.0225. The maximum Gasteiger partial charge on any atom is 0.397 e. The molecule has 29 nitrogen and oxygen atoms in total. The van der Waals surface area contributed by atoms with Crippen LogP contribution >= 0.6 is 0 Å². The fraction of sp³-hybridized carbons (Fsp3) is 0.750. The van der Waals surface area contributed by atoms with Crippen molar-refractivity contribution < 1.29 is 120 Å². The third-order valence-electron chi connectivity index (χ3n) is 13.2. The van der Waals surface area contributed by atoms with E-state index in [1.165, 1.54) is 31.4 Å². The SMILES string of the molecule is CCCCCCC=CCCCOc1ccc(C(=O)N[C@H]2[C@H](O[C@H]3[C@H](O)[C@@H](NC(C)=O)[C@H](O[C@H]4[C@H](O)[C@@H](NC(C)=O)[C@H](O[C@H]5[C@H](O)[C@@H](NC(C)=O)C(O)O[C@@H]5COS(=O)(=O)O)O[C@@H]4CO)O[C@@H]3CO)O[C@H](CO)[C@@H](O)[C@@H]2O)cc1. The molecule has 0 spiro atoms. The Balaban J connectivity index is 1.33. The van der Waals surface area contributed by atoms with Crippen molar-refractivity contribution in [1.82, 2.24) is 21.3 Å². The third-order valence-corrected chi connectivity index (χ3v) is 13.7. The van der Waals surface area contributed by atoms with Gasteiger partial charge in [-0.2, -0.15) is 8.42 Å². The molecular weight excluding hydrogens is 1060 g/mol. The maximum absolute atomic E-state index is 13.7. The van der Waals surface area contributed by atoms with E-state index in [9.17, 15) is 78.1 Å². The van der Waals surface area contributed by atoms with Gasteiger partial charge in [-0.3, -0.25) is 23.7 Å². The Morgan fingerprint density at radius 1 is 0.564 bits per heavy atom. The van der Waals surface area contributed by atoms with Gasteiger partial charge in [0.05, 0.1) is 33.0 Å². The molecule has 4 saturated heterocycles. The van der Waals surface area contributed by atoms with Crippen molar-refractivity contribution in [2.75, 3.05) is 33.0 Å². The van der Waals surface area contributed by atoms with E-state index in [4.69, 9.17) is 37.9 Å². The van der Waals surface area contributed by atoms with Crippen molar-refractivity contribution in [1.29, 1.82) is 0 Å². The van der Waals surface area contributed by atoms with E-state index in [2.05, 4.69) is 44.5 Å².